The Hall–Kier alpha value is -2.92. The zero-order valence-corrected chi connectivity index (χ0v) is 18.6. The topological polar surface area (TPSA) is 75.7 Å². The maximum absolute atomic E-state index is 14.8. The van der Waals surface area contributed by atoms with Crippen molar-refractivity contribution in [3.05, 3.63) is 76.2 Å². The van der Waals surface area contributed by atoms with E-state index >= 15 is 0 Å². The zero-order valence-electron chi connectivity index (χ0n) is 17.8. The normalized spacial score (nSPS) is 17.9. The first-order valence-electron chi connectivity index (χ1n) is 9.94. The molecule has 0 spiro atoms. The van der Waals surface area contributed by atoms with Crippen molar-refractivity contribution in [3.8, 4) is 0 Å². The number of carbonyl (C=O) groups is 1. The molecule has 6 nitrogen and oxygen atoms in total. The van der Waals surface area contributed by atoms with E-state index in [2.05, 4.69) is 5.32 Å². The van der Waals surface area contributed by atoms with Crippen molar-refractivity contribution in [2.75, 3.05) is 30.9 Å². The Balaban J connectivity index is 1.84. The van der Waals surface area contributed by atoms with Gasteiger partial charge in [-0.15, -0.1) is 0 Å². The van der Waals surface area contributed by atoms with Crippen molar-refractivity contribution in [3.63, 3.8) is 0 Å². The number of ether oxygens (including phenoxy) is 1. The average Bonchev–Trinajstić information content (AvgIpc) is 2.75. The molecule has 1 heterocycles. The largest absolute Gasteiger partial charge is 0.377 e. The predicted molar refractivity (Wildman–Crippen MR) is 115 cm³/mol. The van der Waals surface area contributed by atoms with Gasteiger partial charge in [-0.2, -0.15) is 0 Å². The number of carbonyl (C=O) groups excluding carboxylic acids is 1. The number of amides is 1. The quantitative estimate of drug-likeness (QED) is 0.500. The number of halogens is 4. The first kappa shape index (κ1) is 24.7. The highest BCUT2D eigenvalue weighted by atomic mass is 32.2. The maximum atomic E-state index is 14.8. The summed E-state index contributed by atoms with van der Waals surface area (Å²) in [6.45, 7) is 1.97. The summed E-state index contributed by atoms with van der Waals surface area (Å²) < 4.78 is 84.0. The standard InChI is InChI=1S/C22H22F4N2O4S/c1-13(7-10-33(2,30)31)27-22(29)15-4-3-14(11-18(15)24)28-8-9-32-12-19(28)16-5-6-17(23)21(26)20(16)25/h3-7,10-11,13,19H,8-9,12H2,1-2H3,(H,27,29)/b10-7+/t13-,19+/m1/s1. The van der Waals surface area contributed by atoms with Gasteiger partial charge in [0.15, 0.2) is 27.3 Å². The Morgan fingerprint density at radius 3 is 2.55 bits per heavy atom. The van der Waals surface area contributed by atoms with Gasteiger partial charge in [0, 0.05) is 35.5 Å². The number of hydrogen-bond donors (Lipinski definition) is 1. The van der Waals surface area contributed by atoms with E-state index in [0.29, 0.717) is 5.69 Å². The van der Waals surface area contributed by atoms with Crippen LogP contribution in [-0.4, -0.2) is 46.4 Å². The minimum Gasteiger partial charge on any atom is -0.377 e. The molecule has 1 saturated heterocycles. The van der Waals surface area contributed by atoms with Crippen molar-refractivity contribution in [1.29, 1.82) is 0 Å². The van der Waals surface area contributed by atoms with Gasteiger partial charge in [-0.05, 0) is 31.2 Å². The molecule has 0 unspecified atom stereocenters. The Bertz CT molecular complexity index is 1190. The van der Waals surface area contributed by atoms with E-state index in [1.165, 1.54) is 25.1 Å². The number of sulfone groups is 1. The summed E-state index contributed by atoms with van der Waals surface area (Å²) in [4.78, 5) is 14.0. The third-order valence-corrected chi connectivity index (χ3v) is 5.71. The summed E-state index contributed by atoms with van der Waals surface area (Å²) in [6, 6.07) is 4.19. The number of nitrogens with zero attached hydrogens (tertiary/aromatic N) is 1. The molecule has 2 atom stereocenters. The van der Waals surface area contributed by atoms with Gasteiger partial charge in [0.25, 0.3) is 5.91 Å². The van der Waals surface area contributed by atoms with Gasteiger partial charge in [-0.1, -0.05) is 12.1 Å². The second-order valence-electron chi connectivity index (χ2n) is 7.63. The van der Waals surface area contributed by atoms with E-state index in [-0.39, 0.29) is 30.9 Å². The fraction of sp³-hybridized carbons (Fsp3) is 0.318. The van der Waals surface area contributed by atoms with Crippen LogP contribution < -0.4 is 10.2 Å². The van der Waals surface area contributed by atoms with E-state index < -0.39 is 51.1 Å². The van der Waals surface area contributed by atoms with Crippen molar-refractivity contribution in [1.82, 2.24) is 5.32 Å². The van der Waals surface area contributed by atoms with Crippen LogP contribution in [0.4, 0.5) is 23.2 Å². The van der Waals surface area contributed by atoms with Crippen LogP contribution in [0.3, 0.4) is 0 Å². The minimum atomic E-state index is -3.37. The highest BCUT2D eigenvalue weighted by Gasteiger charge is 2.30. The van der Waals surface area contributed by atoms with Crippen LogP contribution in [0.25, 0.3) is 0 Å². The summed E-state index contributed by atoms with van der Waals surface area (Å²) in [5, 5.41) is 3.41. The lowest BCUT2D eigenvalue weighted by Gasteiger charge is -2.38. The van der Waals surface area contributed by atoms with Crippen LogP contribution in [0.1, 0.15) is 28.9 Å². The van der Waals surface area contributed by atoms with Crippen LogP contribution in [0.15, 0.2) is 41.8 Å². The van der Waals surface area contributed by atoms with Gasteiger partial charge < -0.3 is 15.0 Å². The molecule has 0 aromatic heterocycles. The van der Waals surface area contributed by atoms with Gasteiger partial charge in [0.1, 0.15) is 5.82 Å². The molecule has 0 aliphatic carbocycles. The van der Waals surface area contributed by atoms with Crippen LogP contribution in [-0.2, 0) is 14.6 Å². The third-order valence-electron chi connectivity index (χ3n) is 5.05. The number of benzene rings is 2. The lowest BCUT2D eigenvalue weighted by molar-refractivity contribution is 0.0925. The van der Waals surface area contributed by atoms with Gasteiger partial charge in [-0.25, -0.2) is 26.0 Å². The molecule has 1 N–H and O–H groups in total. The number of anilines is 1. The van der Waals surface area contributed by atoms with Crippen molar-refractivity contribution in [2.45, 2.75) is 19.0 Å². The molecule has 1 amide bonds. The van der Waals surface area contributed by atoms with Gasteiger partial charge in [-0.3, -0.25) is 4.79 Å². The summed E-state index contributed by atoms with van der Waals surface area (Å²) >= 11 is 0. The average molecular weight is 486 g/mol. The molecule has 1 aliphatic heterocycles. The maximum Gasteiger partial charge on any atom is 0.254 e. The van der Waals surface area contributed by atoms with Crippen LogP contribution in [0.2, 0.25) is 0 Å². The molecule has 3 rings (SSSR count). The molecular formula is C22H22F4N2O4S. The van der Waals surface area contributed by atoms with Gasteiger partial charge in [0.2, 0.25) is 0 Å². The molecule has 33 heavy (non-hydrogen) atoms. The minimum absolute atomic E-state index is 0.0317. The molecule has 1 fully saturated rings. The molecule has 11 heteroatoms. The van der Waals surface area contributed by atoms with E-state index in [1.807, 2.05) is 0 Å². The second-order valence-corrected chi connectivity index (χ2v) is 9.56. The summed E-state index contributed by atoms with van der Waals surface area (Å²) in [5.74, 6) is -5.88. The van der Waals surface area contributed by atoms with E-state index in [1.54, 1.807) is 4.90 Å². The summed E-state index contributed by atoms with van der Waals surface area (Å²) in [7, 11) is -3.37. The van der Waals surface area contributed by atoms with Gasteiger partial charge >= 0.3 is 0 Å². The monoisotopic (exact) mass is 486 g/mol. The third kappa shape index (κ3) is 5.91. The Kier molecular flexibility index (Phi) is 7.43. The molecular weight excluding hydrogens is 464 g/mol. The van der Waals surface area contributed by atoms with E-state index in [4.69, 9.17) is 4.74 Å². The lowest BCUT2D eigenvalue weighted by atomic mass is 10.0. The Morgan fingerprint density at radius 1 is 1.15 bits per heavy atom. The second kappa shape index (κ2) is 9.92. The summed E-state index contributed by atoms with van der Waals surface area (Å²) in [6.07, 6.45) is 2.26. The van der Waals surface area contributed by atoms with E-state index in [9.17, 15) is 30.8 Å². The molecule has 0 bridgehead atoms. The van der Waals surface area contributed by atoms with Crippen molar-refractivity contribution >= 4 is 21.4 Å². The molecule has 2 aromatic rings. The molecule has 1 aliphatic rings. The number of morpholine rings is 1. The van der Waals surface area contributed by atoms with Crippen LogP contribution in [0.5, 0.6) is 0 Å². The fourth-order valence-electron chi connectivity index (χ4n) is 3.43. The smallest absolute Gasteiger partial charge is 0.254 e. The number of hydrogen-bond acceptors (Lipinski definition) is 5. The SMILES string of the molecule is C[C@H](/C=C/S(C)(=O)=O)NC(=O)c1ccc(N2CCOC[C@H]2c2ccc(F)c(F)c2F)cc1F. The van der Waals surface area contributed by atoms with Gasteiger partial charge in [0.05, 0.1) is 24.8 Å². The Labute approximate surface area is 188 Å². The first-order chi connectivity index (χ1) is 15.5. The molecule has 0 radical (unpaired) electrons. The predicted octanol–water partition coefficient (Wildman–Crippen LogP) is 3.50. The molecule has 178 valence electrons. The lowest BCUT2D eigenvalue weighted by Crippen LogP contribution is -2.40. The number of nitrogens with one attached hydrogen (secondary N) is 1. The zero-order chi connectivity index (χ0) is 24.3. The highest BCUT2D eigenvalue weighted by molar-refractivity contribution is 7.93. The van der Waals surface area contributed by atoms with Crippen LogP contribution >= 0.6 is 0 Å². The summed E-state index contributed by atoms with van der Waals surface area (Å²) in [5.41, 5.74) is -0.115. The molecule has 2 aromatic carbocycles. The Morgan fingerprint density at radius 2 is 1.88 bits per heavy atom. The highest BCUT2D eigenvalue weighted by Crippen LogP contribution is 2.33. The van der Waals surface area contributed by atoms with Crippen molar-refractivity contribution in [2.24, 2.45) is 0 Å². The number of rotatable bonds is 6. The fourth-order valence-corrected chi connectivity index (χ4v) is 3.95. The first-order valence-corrected chi connectivity index (χ1v) is 11.9. The molecule has 0 saturated carbocycles. The van der Waals surface area contributed by atoms with Crippen LogP contribution in [0, 0.1) is 23.3 Å². The van der Waals surface area contributed by atoms with E-state index in [0.717, 1.165) is 29.9 Å². The van der Waals surface area contributed by atoms with Crippen molar-refractivity contribution < 1.29 is 35.5 Å².